The standard InChI is InChI=1S/C18H22N2O/c1-3-14-5-9-16(10-6-14)18(21)20(4-2)17-11-7-15(13-19)8-12-17/h5-12H,3-4,13,19H2,1-2H3. The Hall–Kier alpha value is -2.13. The van der Waals surface area contributed by atoms with Gasteiger partial charge in [0, 0.05) is 24.3 Å². The first-order valence-corrected chi connectivity index (χ1v) is 7.39. The smallest absolute Gasteiger partial charge is 0.258 e. The zero-order valence-corrected chi connectivity index (χ0v) is 12.7. The van der Waals surface area contributed by atoms with Gasteiger partial charge < -0.3 is 10.6 Å². The number of carbonyl (C=O) groups is 1. The third-order valence-corrected chi connectivity index (χ3v) is 3.65. The van der Waals surface area contributed by atoms with Gasteiger partial charge in [-0.3, -0.25) is 4.79 Å². The average molecular weight is 282 g/mol. The Bertz CT molecular complexity index is 588. The van der Waals surface area contributed by atoms with E-state index in [0.29, 0.717) is 13.1 Å². The number of amides is 1. The summed E-state index contributed by atoms with van der Waals surface area (Å²) in [5.74, 6) is 0.0284. The Labute approximate surface area is 126 Å². The topological polar surface area (TPSA) is 46.3 Å². The number of rotatable bonds is 5. The number of carbonyl (C=O) groups excluding carboxylic acids is 1. The van der Waals surface area contributed by atoms with Crippen LogP contribution in [0.5, 0.6) is 0 Å². The summed E-state index contributed by atoms with van der Waals surface area (Å²) in [5, 5.41) is 0. The summed E-state index contributed by atoms with van der Waals surface area (Å²) in [4.78, 5) is 14.4. The third kappa shape index (κ3) is 3.50. The van der Waals surface area contributed by atoms with Gasteiger partial charge in [-0.15, -0.1) is 0 Å². The fraction of sp³-hybridized carbons (Fsp3) is 0.278. The Balaban J connectivity index is 2.24. The highest BCUT2D eigenvalue weighted by Gasteiger charge is 2.15. The SMILES string of the molecule is CCc1ccc(C(=O)N(CC)c2ccc(CN)cc2)cc1. The minimum absolute atomic E-state index is 0.0284. The molecule has 0 saturated carbocycles. The van der Waals surface area contributed by atoms with Gasteiger partial charge in [-0.1, -0.05) is 31.2 Å². The summed E-state index contributed by atoms with van der Waals surface area (Å²) >= 11 is 0. The molecule has 0 aliphatic heterocycles. The van der Waals surface area contributed by atoms with Crippen LogP contribution in [0.2, 0.25) is 0 Å². The van der Waals surface area contributed by atoms with Crippen molar-refractivity contribution in [1.29, 1.82) is 0 Å². The highest BCUT2D eigenvalue weighted by Crippen LogP contribution is 2.18. The number of aryl methyl sites for hydroxylation is 1. The van der Waals surface area contributed by atoms with Crippen LogP contribution in [-0.2, 0) is 13.0 Å². The molecule has 2 aromatic rings. The van der Waals surface area contributed by atoms with Gasteiger partial charge in [-0.25, -0.2) is 0 Å². The molecule has 0 spiro atoms. The van der Waals surface area contributed by atoms with Crippen LogP contribution >= 0.6 is 0 Å². The molecule has 0 radical (unpaired) electrons. The monoisotopic (exact) mass is 282 g/mol. The summed E-state index contributed by atoms with van der Waals surface area (Å²) in [6, 6.07) is 15.7. The van der Waals surface area contributed by atoms with Crippen LogP contribution in [0.4, 0.5) is 5.69 Å². The molecule has 0 aromatic heterocycles. The highest BCUT2D eigenvalue weighted by molar-refractivity contribution is 6.06. The van der Waals surface area contributed by atoms with Crippen LogP contribution < -0.4 is 10.6 Å². The van der Waals surface area contributed by atoms with Crippen molar-refractivity contribution in [2.24, 2.45) is 5.73 Å². The Morgan fingerprint density at radius 2 is 1.52 bits per heavy atom. The summed E-state index contributed by atoms with van der Waals surface area (Å²) in [6.07, 6.45) is 0.979. The second-order valence-electron chi connectivity index (χ2n) is 4.97. The van der Waals surface area contributed by atoms with Crippen LogP contribution in [0.3, 0.4) is 0 Å². The van der Waals surface area contributed by atoms with Crippen molar-refractivity contribution in [3.05, 3.63) is 65.2 Å². The summed E-state index contributed by atoms with van der Waals surface area (Å²) < 4.78 is 0. The molecule has 2 rings (SSSR count). The van der Waals surface area contributed by atoms with E-state index in [-0.39, 0.29) is 5.91 Å². The Morgan fingerprint density at radius 3 is 2.00 bits per heavy atom. The van der Waals surface area contributed by atoms with Crippen molar-refractivity contribution in [1.82, 2.24) is 0 Å². The molecule has 0 unspecified atom stereocenters. The van der Waals surface area contributed by atoms with E-state index in [2.05, 4.69) is 6.92 Å². The predicted octanol–water partition coefficient (Wildman–Crippen LogP) is 3.37. The quantitative estimate of drug-likeness (QED) is 0.914. The van der Waals surface area contributed by atoms with E-state index in [9.17, 15) is 4.79 Å². The molecular weight excluding hydrogens is 260 g/mol. The van der Waals surface area contributed by atoms with Crippen molar-refractivity contribution in [3.63, 3.8) is 0 Å². The van der Waals surface area contributed by atoms with Gasteiger partial charge in [-0.05, 0) is 48.7 Å². The summed E-state index contributed by atoms with van der Waals surface area (Å²) in [6.45, 7) is 5.23. The van der Waals surface area contributed by atoms with Gasteiger partial charge in [0.25, 0.3) is 5.91 Å². The Morgan fingerprint density at radius 1 is 0.952 bits per heavy atom. The first-order valence-electron chi connectivity index (χ1n) is 7.39. The first kappa shape index (κ1) is 15.3. The normalized spacial score (nSPS) is 10.4. The van der Waals surface area contributed by atoms with Crippen molar-refractivity contribution < 1.29 is 4.79 Å². The molecule has 0 fully saturated rings. The number of nitrogens with two attached hydrogens (primary N) is 1. The number of hydrogen-bond acceptors (Lipinski definition) is 2. The number of anilines is 1. The fourth-order valence-electron chi connectivity index (χ4n) is 2.29. The maximum atomic E-state index is 12.6. The zero-order valence-electron chi connectivity index (χ0n) is 12.7. The molecule has 3 heteroatoms. The van der Waals surface area contributed by atoms with Crippen LogP contribution in [0.1, 0.15) is 35.3 Å². The molecule has 0 aliphatic rings. The first-order chi connectivity index (χ1) is 10.2. The minimum Gasteiger partial charge on any atom is -0.326 e. The van der Waals surface area contributed by atoms with E-state index < -0.39 is 0 Å². The molecule has 2 aromatic carbocycles. The summed E-state index contributed by atoms with van der Waals surface area (Å²) in [5.41, 5.74) is 9.53. The molecule has 0 bridgehead atoms. The lowest BCUT2D eigenvalue weighted by Crippen LogP contribution is -2.30. The van der Waals surface area contributed by atoms with E-state index in [0.717, 1.165) is 23.2 Å². The van der Waals surface area contributed by atoms with Crippen molar-refractivity contribution >= 4 is 11.6 Å². The molecular formula is C18H22N2O. The molecule has 3 nitrogen and oxygen atoms in total. The highest BCUT2D eigenvalue weighted by atomic mass is 16.2. The average Bonchev–Trinajstić information content (AvgIpc) is 2.56. The maximum Gasteiger partial charge on any atom is 0.258 e. The van der Waals surface area contributed by atoms with E-state index in [1.807, 2.05) is 55.5 Å². The molecule has 0 atom stereocenters. The number of benzene rings is 2. The second kappa shape index (κ2) is 7.04. The minimum atomic E-state index is 0.0284. The van der Waals surface area contributed by atoms with Gasteiger partial charge in [0.1, 0.15) is 0 Å². The predicted molar refractivity (Wildman–Crippen MR) is 87.5 cm³/mol. The van der Waals surface area contributed by atoms with Crippen molar-refractivity contribution in [2.75, 3.05) is 11.4 Å². The number of nitrogens with zero attached hydrogens (tertiary/aromatic N) is 1. The fourth-order valence-corrected chi connectivity index (χ4v) is 2.29. The molecule has 110 valence electrons. The van der Waals surface area contributed by atoms with Crippen molar-refractivity contribution in [3.8, 4) is 0 Å². The molecule has 0 aliphatic carbocycles. The zero-order chi connectivity index (χ0) is 15.2. The lowest BCUT2D eigenvalue weighted by atomic mass is 10.1. The van der Waals surface area contributed by atoms with E-state index in [1.54, 1.807) is 4.90 Å². The lowest BCUT2D eigenvalue weighted by Gasteiger charge is -2.21. The lowest BCUT2D eigenvalue weighted by molar-refractivity contribution is 0.0988. The van der Waals surface area contributed by atoms with Crippen LogP contribution in [0.15, 0.2) is 48.5 Å². The van der Waals surface area contributed by atoms with Gasteiger partial charge in [0.05, 0.1) is 0 Å². The van der Waals surface area contributed by atoms with E-state index in [1.165, 1.54) is 5.56 Å². The third-order valence-electron chi connectivity index (χ3n) is 3.65. The van der Waals surface area contributed by atoms with Gasteiger partial charge in [0.2, 0.25) is 0 Å². The second-order valence-corrected chi connectivity index (χ2v) is 4.97. The van der Waals surface area contributed by atoms with Gasteiger partial charge in [0.15, 0.2) is 0 Å². The molecule has 1 amide bonds. The van der Waals surface area contributed by atoms with Crippen molar-refractivity contribution in [2.45, 2.75) is 26.8 Å². The van der Waals surface area contributed by atoms with Crippen LogP contribution in [0.25, 0.3) is 0 Å². The molecule has 0 saturated heterocycles. The largest absolute Gasteiger partial charge is 0.326 e. The van der Waals surface area contributed by atoms with Gasteiger partial charge >= 0.3 is 0 Å². The number of hydrogen-bond donors (Lipinski definition) is 1. The van der Waals surface area contributed by atoms with Crippen LogP contribution in [0, 0.1) is 0 Å². The Kier molecular flexibility index (Phi) is 5.12. The van der Waals surface area contributed by atoms with Crippen LogP contribution in [-0.4, -0.2) is 12.5 Å². The van der Waals surface area contributed by atoms with E-state index >= 15 is 0 Å². The van der Waals surface area contributed by atoms with Gasteiger partial charge in [-0.2, -0.15) is 0 Å². The molecule has 0 heterocycles. The maximum absolute atomic E-state index is 12.6. The van der Waals surface area contributed by atoms with E-state index in [4.69, 9.17) is 5.73 Å². The molecule has 2 N–H and O–H groups in total. The molecule has 21 heavy (non-hydrogen) atoms. The summed E-state index contributed by atoms with van der Waals surface area (Å²) in [7, 11) is 0.